The molecule has 0 aliphatic carbocycles. The molecule has 4 rings (SSSR count). The molecule has 6 nitrogen and oxygen atoms in total. The van der Waals surface area contributed by atoms with Gasteiger partial charge in [0.25, 0.3) is 0 Å². The van der Waals surface area contributed by atoms with E-state index in [1.807, 2.05) is 24.3 Å². The van der Waals surface area contributed by atoms with Crippen molar-refractivity contribution in [1.29, 1.82) is 0 Å². The molecule has 14 heteroatoms. The van der Waals surface area contributed by atoms with Crippen LogP contribution in [0.3, 0.4) is 0 Å². The van der Waals surface area contributed by atoms with Gasteiger partial charge in [-0.15, -0.1) is 0 Å². The molecule has 0 atom stereocenters. The van der Waals surface area contributed by atoms with E-state index in [0.29, 0.717) is 54.2 Å². The van der Waals surface area contributed by atoms with Crippen LogP contribution in [0.5, 0.6) is 0 Å². The van der Waals surface area contributed by atoms with Gasteiger partial charge in [-0.1, -0.05) is 0 Å². The molecule has 4 aromatic rings. The number of carbonyl (C=O) groups excluding carboxylic acids is 2. The molecule has 2 heterocycles. The number of amides is 2. The summed E-state index contributed by atoms with van der Waals surface area (Å²) in [6, 6.07) is 22.8. The van der Waals surface area contributed by atoms with Gasteiger partial charge < -0.3 is 0 Å². The van der Waals surface area contributed by atoms with Crippen LogP contribution in [0, 0.1) is 0 Å². The van der Waals surface area contributed by atoms with Crippen molar-refractivity contribution in [3.05, 3.63) is 91.2 Å². The number of amidine groups is 2. The Morgan fingerprint density at radius 1 is 0.632 bits per heavy atom. The van der Waals surface area contributed by atoms with E-state index >= 15 is 0 Å². The maximum absolute atomic E-state index is 12.2. The maximum atomic E-state index is 12.2. The summed E-state index contributed by atoms with van der Waals surface area (Å²) in [5.74, 6) is -0.499. The second-order valence-corrected chi connectivity index (χ2v) is 18.5. The van der Waals surface area contributed by atoms with E-state index in [9.17, 15) is 9.59 Å². The van der Waals surface area contributed by atoms with Crippen molar-refractivity contribution in [2.24, 2.45) is 9.98 Å². The number of hydrogen-bond acceptors (Lipinski definition) is 6. The Labute approximate surface area is 264 Å². The van der Waals surface area contributed by atoms with Gasteiger partial charge in [-0.3, -0.25) is 0 Å². The van der Waals surface area contributed by atoms with Crippen LogP contribution < -0.4 is 19.6 Å². The molecule has 192 valence electrons. The summed E-state index contributed by atoms with van der Waals surface area (Å²) >= 11 is 20.4. The second kappa shape index (κ2) is 14.4. The number of nitrogens with zero attached hydrogens (tertiary/aromatic N) is 2. The van der Waals surface area contributed by atoms with Crippen LogP contribution in [0.1, 0.15) is 19.3 Å². The number of halogens is 2. The Hall–Kier alpha value is -1.22. The summed E-state index contributed by atoms with van der Waals surface area (Å²) in [5.41, 5.74) is 1.50. The number of thiophene rings is 2. The van der Waals surface area contributed by atoms with E-state index in [-0.39, 0.29) is 11.8 Å². The van der Waals surface area contributed by atoms with Gasteiger partial charge in [0, 0.05) is 0 Å². The van der Waals surface area contributed by atoms with Crippen LogP contribution in [-0.2, 0) is 0 Å². The molecule has 0 saturated heterocycles. The molecule has 0 saturated carbocycles. The van der Waals surface area contributed by atoms with Crippen molar-refractivity contribution in [1.82, 2.24) is 10.6 Å². The zero-order chi connectivity index (χ0) is 27.1. The molecule has 2 N–H and O–H groups in total. The first-order chi connectivity index (χ1) is 18.2. The molecule has 38 heavy (non-hydrogen) atoms. The zero-order valence-electron chi connectivity index (χ0n) is 18.8. The molecule has 2 radical (unpaired) electrons. The van der Waals surface area contributed by atoms with Crippen molar-refractivity contribution >= 4 is 146 Å². The van der Waals surface area contributed by atoms with E-state index in [1.165, 1.54) is 31.6 Å². The Bertz CT molecular complexity index is 1390. The average Bonchev–Trinajstić information content (AvgIpc) is 3.52. The number of hydrogen-bond donors (Lipinski definition) is 2. The third-order valence-electron chi connectivity index (χ3n) is 4.40. The molecule has 0 unspecified atom stereocenters. The van der Waals surface area contributed by atoms with Gasteiger partial charge in [-0.05, 0) is 0 Å². The predicted molar refractivity (Wildman–Crippen MR) is 163 cm³/mol. The van der Waals surface area contributed by atoms with Gasteiger partial charge in [-0.2, -0.15) is 0 Å². The van der Waals surface area contributed by atoms with Crippen LogP contribution >= 0.6 is 45.9 Å². The summed E-state index contributed by atoms with van der Waals surface area (Å²) in [5, 5.41) is 5.46. The number of nitrogens with one attached hydrogen (secondary N) is 2. The van der Waals surface area contributed by atoms with E-state index in [1.54, 1.807) is 24.3 Å². The van der Waals surface area contributed by atoms with Crippen LogP contribution in [0.15, 0.2) is 82.8 Å². The Kier molecular flexibility index (Phi) is 11.3. The number of carbonyl (C=O) groups is 2. The van der Waals surface area contributed by atoms with E-state index < -0.39 is 0 Å². The fourth-order valence-electron chi connectivity index (χ4n) is 2.73. The molecule has 0 fully saturated rings. The first kappa shape index (κ1) is 29.8. The zero-order valence-corrected chi connectivity index (χ0v) is 28.8. The van der Waals surface area contributed by atoms with Crippen LogP contribution in [0.2, 0.25) is 8.67 Å². The third kappa shape index (κ3) is 9.17. The monoisotopic (exact) mass is 844 g/mol. The van der Waals surface area contributed by atoms with Gasteiger partial charge in [0.05, 0.1) is 0 Å². The first-order valence-corrected chi connectivity index (χ1v) is 20.6. The summed E-state index contributed by atoms with van der Waals surface area (Å²) in [6.45, 7) is 0. The van der Waals surface area contributed by atoms with Gasteiger partial charge in [0.2, 0.25) is 0 Å². The number of benzene rings is 2. The van der Waals surface area contributed by atoms with Gasteiger partial charge in [0.15, 0.2) is 0 Å². The first-order valence-electron chi connectivity index (χ1n) is 10.4. The molecular formula is C24H14Cl2N4O2S2Se4. The third-order valence-corrected chi connectivity index (χ3v) is 14.9. The molecule has 0 bridgehead atoms. The number of rotatable bonds is 7. The molecule has 2 aromatic carbocycles. The van der Waals surface area contributed by atoms with Gasteiger partial charge >= 0.3 is 267 Å². The fraction of sp³-hybridized carbons (Fsp3) is 0. The van der Waals surface area contributed by atoms with Crippen molar-refractivity contribution in [2.75, 3.05) is 0 Å². The summed E-state index contributed by atoms with van der Waals surface area (Å²) in [7, 11) is 0. The molecule has 0 spiro atoms. The summed E-state index contributed by atoms with van der Waals surface area (Å²) < 4.78 is 4.44. The van der Waals surface area contributed by atoms with Gasteiger partial charge in [0.1, 0.15) is 0 Å². The molecule has 2 amide bonds. The predicted octanol–water partition coefficient (Wildman–Crippen LogP) is 3.56. The number of aliphatic imine (C=N–C) groups is 2. The van der Waals surface area contributed by atoms with Crippen LogP contribution in [0.25, 0.3) is 0 Å². The van der Waals surface area contributed by atoms with E-state index in [4.69, 9.17) is 23.2 Å². The minimum absolute atomic E-state index is 0.249. The van der Waals surface area contributed by atoms with E-state index in [2.05, 4.69) is 76.9 Å². The van der Waals surface area contributed by atoms with Crippen molar-refractivity contribution in [3.8, 4) is 0 Å². The molecule has 0 aliphatic heterocycles. The minimum atomic E-state index is -0.249. The van der Waals surface area contributed by atoms with Crippen LogP contribution in [-0.4, -0.2) is 79.6 Å². The quantitative estimate of drug-likeness (QED) is 0.170. The second-order valence-electron chi connectivity index (χ2n) is 7.10. The Balaban J connectivity index is 1.27. The molecule has 2 aromatic heterocycles. The SMILES string of the molecule is O=C(NC([Se])=Nc1ccc([Se][Se]c2ccc(N=C([Se])NC(=O)c3ccc(Cl)s3)cc2)cc1)c1ccc(Cl)s1. The Morgan fingerprint density at radius 2 is 1.00 bits per heavy atom. The topological polar surface area (TPSA) is 82.9 Å². The van der Waals surface area contributed by atoms with Gasteiger partial charge in [-0.25, -0.2) is 0 Å². The summed E-state index contributed by atoms with van der Waals surface area (Å²) in [6.07, 6.45) is 0. The normalized spacial score (nSPS) is 11.8. The fourth-order valence-corrected chi connectivity index (χ4v) is 11.4. The van der Waals surface area contributed by atoms with Crippen molar-refractivity contribution in [3.63, 3.8) is 0 Å². The summed E-state index contributed by atoms with van der Waals surface area (Å²) in [4.78, 5) is 34.3. The van der Waals surface area contributed by atoms with Crippen molar-refractivity contribution in [2.45, 2.75) is 0 Å². The van der Waals surface area contributed by atoms with Crippen molar-refractivity contribution < 1.29 is 9.59 Å². The Morgan fingerprint density at radius 3 is 1.32 bits per heavy atom. The van der Waals surface area contributed by atoms with E-state index in [0.717, 1.165) is 11.4 Å². The van der Waals surface area contributed by atoms with Crippen LogP contribution in [0.4, 0.5) is 11.4 Å². The molecule has 0 aliphatic rings. The average molecular weight is 841 g/mol. The molecular weight excluding hydrogens is 827 g/mol. The standard InChI is InChI=1S/C24H14Cl2N4O2S2Se4/c25-19-11-9-17(33-19)21(31)29-23(35)27-13-1-5-15(6-2-13)37-38-16-7-3-14(4-8-16)28-24(36)30-22(32)18-10-12-20(26)34-18/h1-12H,(H,27,29,31)(H,28,30,32).